The molecule has 0 radical (unpaired) electrons. The number of carbonyl (C=O) groups excluding carboxylic acids is 1. The third kappa shape index (κ3) is 3.57. The van der Waals surface area contributed by atoms with E-state index in [1.54, 1.807) is 18.2 Å². The lowest BCUT2D eigenvalue weighted by Crippen LogP contribution is -2.25. The molecule has 1 aromatic rings. The average molecular weight is 306 g/mol. The molecule has 0 bridgehead atoms. The average Bonchev–Trinajstić information content (AvgIpc) is 2.49. The molecular formula is C17H20ClNO2. The van der Waals surface area contributed by atoms with Crippen molar-refractivity contribution in [3.05, 3.63) is 28.8 Å². The van der Waals surface area contributed by atoms with Crippen molar-refractivity contribution in [2.45, 2.75) is 38.5 Å². The highest BCUT2D eigenvalue weighted by atomic mass is 35.5. The van der Waals surface area contributed by atoms with Crippen molar-refractivity contribution in [1.29, 1.82) is 5.26 Å². The van der Waals surface area contributed by atoms with Crippen LogP contribution < -0.4 is 4.74 Å². The zero-order chi connectivity index (χ0) is 15.4. The Morgan fingerprint density at radius 3 is 2.62 bits per heavy atom. The fourth-order valence-corrected chi connectivity index (χ4v) is 3.18. The number of methoxy groups -OCH3 is 1. The number of Topliss-reactive ketones (excluding diaryl/α,β-unsaturated/α-hetero) is 1. The summed E-state index contributed by atoms with van der Waals surface area (Å²) >= 11 is 6.01. The molecule has 1 aliphatic rings. The predicted molar refractivity (Wildman–Crippen MR) is 82.5 cm³/mol. The number of rotatable bonds is 4. The molecule has 2 rings (SSSR count). The summed E-state index contributed by atoms with van der Waals surface area (Å²) in [4.78, 5) is 12.7. The summed E-state index contributed by atoms with van der Waals surface area (Å²) < 4.78 is 5.28. The summed E-state index contributed by atoms with van der Waals surface area (Å²) in [7, 11) is 1.54. The molecule has 0 heterocycles. The number of ketones is 1. The minimum Gasteiger partial charge on any atom is -0.496 e. The quantitative estimate of drug-likeness (QED) is 0.831. The molecule has 1 aliphatic carbocycles. The number of hydrogen-bond acceptors (Lipinski definition) is 3. The van der Waals surface area contributed by atoms with Crippen molar-refractivity contribution in [1.82, 2.24) is 0 Å². The van der Waals surface area contributed by atoms with Gasteiger partial charge in [-0.3, -0.25) is 4.79 Å². The van der Waals surface area contributed by atoms with Crippen LogP contribution in [0.1, 0.15) is 44.1 Å². The SMILES string of the molecule is COc1ccc(Cl)cc1C(C#N)C(=O)C1CCC(C)CC1. The van der Waals surface area contributed by atoms with E-state index in [0.29, 0.717) is 22.3 Å². The van der Waals surface area contributed by atoms with Gasteiger partial charge < -0.3 is 4.74 Å². The van der Waals surface area contributed by atoms with Gasteiger partial charge in [-0.1, -0.05) is 31.4 Å². The van der Waals surface area contributed by atoms with E-state index in [-0.39, 0.29) is 11.7 Å². The van der Waals surface area contributed by atoms with Gasteiger partial charge in [0.15, 0.2) is 5.78 Å². The lowest BCUT2D eigenvalue weighted by atomic mass is 9.76. The number of carbonyl (C=O) groups is 1. The van der Waals surface area contributed by atoms with E-state index in [1.165, 1.54) is 7.11 Å². The lowest BCUT2D eigenvalue weighted by molar-refractivity contribution is -0.124. The van der Waals surface area contributed by atoms with Crippen LogP contribution in [0.5, 0.6) is 5.75 Å². The van der Waals surface area contributed by atoms with Gasteiger partial charge in [-0.05, 0) is 37.0 Å². The van der Waals surface area contributed by atoms with E-state index in [9.17, 15) is 10.1 Å². The Hall–Kier alpha value is -1.53. The van der Waals surface area contributed by atoms with Crippen LogP contribution in [-0.2, 0) is 4.79 Å². The van der Waals surface area contributed by atoms with E-state index < -0.39 is 5.92 Å². The van der Waals surface area contributed by atoms with Crippen LogP contribution >= 0.6 is 11.6 Å². The van der Waals surface area contributed by atoms with Crippen LogP contribution in [0.2, 0.25) is 5.02 Å². The second-order valence-corrected chi connectivity index (χ2v) is 6.24. The first-order valence-electron chi connectivity index (χ1n) is 7.33. The van der Waals surface area contributed by atoms with Gasteiger partial charge in [0, 0.05) is 16.5 Å². The highest BCUT2D eigenvalue weighted by Crippen LogP contribution is 2.36. The van der Waals surface area contributed by atoms with Crippen LogP contribution in [-0.4, -0.2) is 12.9 Å². The van der Waals surface area contributed by atoms with Gasteiger partial charge in [-0.15, -0.1) is 0 Å². The zero-order valence-corrected chi connectivity index (χ0v) is 13.2. The fourth-order valence-electron chi connectivity index (χ4n) is 3.00. The molecule has 1 fully saturated rings. The molecule has 0 N–H and O–H groups in total. The van der Waals surface area contributed by atoms with Crippen molar-refractivity contribution in [2.24, 2.45) is 11.8 Å². The molecular weight excluding hydrogens is 286 g/mol. The number of benzene rings is 1. The number of nitrogens with zero attached hydrogens (tertiary/aromatic N) is 1. The molecule has 0 aliphatic heterocycles. The third-order valence-corrected chi connectivity index (χ3v) is 4.57. The summed E-state index contributed by atoms with van der Waals surface area (Å²) in [5, 5.41) is 9.98. The van der Waals surface area contributed by atoms with Gasteiger partial charge in [0.1, 0.15) is 11.7 Å². The van der Waals surface area contributed by atoms with Gasteiger partial charge in [0.25, 0.3) is 0 Å². The minimum absolute atomic E-state index is 0.00460. The lowest BCUT2D eigenvalue weighted by Gasteiger charge is -2.26. The van der Waals surface area contributed by atoms with Gasteiger partial charge in [-0.25, -0.2) is 0 Å². The van der Waals surface area contributed by atoms with Crippen LogP contribution in [0, 0.1) is 23.2 Å². The molecule has 112 valence electrons. The summed E-state index contributed by atoms with van der Waals surface area (Å²) in [5.74, 6) is 0.412. The number of nitriles is 1. The molecule has 0 saturated heterocycles. The van der Waals surface area contributed by atoms with E-state index in [1.807, 2.05) is 0 Å². The molecule has 1 aromatic carbocycles. The smallest absolute Gasteiger partial charge is 0.157 e. The monoisotopic (exact) mass is 305 g/mol. The normalized spacial score (nSPS) is 23.1. The van der Waals surface area contributed by atoms with Crippen molar-refractivity contribution in [2.75, 3.05) is 7.11 Å². The van der Waals surface area contributed by atoms with Crippen molar-refractivity contribution in [3.63, 3.8) is 0 Å². The van der Waals surface area contributed by atoms with Crippen LogP contribution in [0.3, 0.4) is 0 Å². The highest BCUT2D eigenvalue weighted by molar-refractivity contribution is 6.30. The molecule has 1 unspecified atom stereocenters. The minimum atomic E-state index is -0.794. The Labute approximate surface area is 130 Å². The third-order valence-electron chi connectivity index (χ3n) is 4.33. The van der Waals surface area contributed by atoms with Crippen molar-refractivity contribution < 1.29 is 9.53 Å². The summed E-state index contributed by atoms with van der Waals surface area (Å²) in [6.07, 6.45) is 3.87. The molecule has 21 heavy (non-hydrogen) atoms. The zero-order valence-electron chi connectivity index (χ0n) is 12.4. The van der Waals surface area contributed by atoms with E-state index in [0.717, 1.165) is 25.7 Å². The Kier molecular flexibility index (Phi) is 5.25. The van der Waals surface area contributed by atoms with Crippen LogP contribution in [0.4, 0.5) is 0 Å². The molecule has 0 aromatic heterocycles. The van der Waals surface area contributed by atoms with Gasteiger partial charge in [-0.2, -0.15) is 5.26 Å². The Balaban J connectivity index is 2.25. The van der Waals surface area contributed by atoms with Crippen molar-refractivity contribution >= 4 is 17.4 Å². The fraction of sp³-hybridized carbons (Fsp3) is 0.529. The largest absolute Gasteiger partial charge is 0.496 e. The molecule has 0 spiro atoms. The van der Waals surface area contributed by atoms with Gasteiger partial charge in [0.05, 0.1) is 13.2 Å². The number of hydrogen-bond donors (Lipinski definition) is 0. The Morgan fingerprint density at radius 1 is 1.38 bits per heavy atom. The van der Waals surface area contributed by atoms with E-state index >= 15 is 0 Å². The maximum Gasteiger partial charge on any atom is 0.157 e. The molecule has 1 atom stereocenters. The Morgan fingerprint density at radius 2 is 2.05 bits per heavy atom. The molecule has 3 nitrogen and oxygen atoms in total. The predicted octanol–water partition coefficient (Wildman–Crippen LogP) is 4.35. The standard InChI is InChI=1S/C17H20ClNO2/c1-11-3-5-12(6-4-11)17(20)15(10-19)14-9-13(18)7-8-16(14)21-2/h7-9,11-12,15H,3-6H2,1-2H3. The van der Waals surface area contributed by atoms with Gasteiger partial charge in [0.2, 0.25) is 0 Å². The summed E-state index contributed by atoms with van der Waals surface area (Å²) in [5.41, 5.74) is 0.580. The maximum atomic E-state index is 12.7. The summed E-state index contributed by atoms with van der Waals surface area (Å²) in [6, 6.07) is 7.21. The van der Waals surface area contributed by atoms with E-state index in [2.05, 4.69) is 13.0 Å². The first kappa shape index (κ1) is 15.9. The van der Waals surface area contributed by atoms with Crippen LogP contribution in [0.25, 0.3) is 0 Å². The molecule has 4 heteroatoms. The Bertz CT molecular complexity index is 556. The number of ether oxygens (including phenoxy) is 1. The maximum absolute atomic E-state index is 12.7. The molecule has 1 saturated carbocycles. The first-order chi connectivity index (χ1) is 10.1. The van der Waals surface area contributed by atoms with E-state index in [4.69, 9.17) is 16.3 Å². The van der Waals surface area contributed by atoms with Crippen LogP contribution in [0.15, 0.2) is 18.2 Å². The van der Waals surface area contributed by atoms with Crippen molar-refractivity contribution in [3.8, 4) is 11.8 Å². The topological polar surface area (TPSA) is 50.1 Å². The summed E-state index contributed by atoms with van der Waals surface area (Å²) in [6.45, 7) is 2.21. The first-order valence-corrected chi connectivity index (χ1v) is 7.71. The van der Waals surface area contributed by atoms with Gasteiger partial charge >= 0.3 is 0 Å². The highest BCUT2D eigenvalue weighted by Gasteiger charge is 2.32. The molecule has 0 amide bonds. The second-order valence-electron chi connectivity index (χ2n) is 5.81. The second kappa shape index (κ2) is 6.95. The number of halogens is 1.